The highest BCUT2D eigenvalue weighted by atomic mass is 35.5. The monoisotopic (exact) mass is 334 g/mol. The van der Waals surface area contributed by atoms with Crippen LogP contribution in [0.15, 0.2) is 29.2 Å². The molecule has 1 aromatic carbocycles. The number of nitrogens with zero attached hydrogens (tertiary/aromatic N) is 1. The molecular formula is C14H23ClN2O3S. The summed E-state index contributed by atoms with van der Waals surface area (Å²) in [6, 6.07) is 6.25. The number of amides is 1. The number of halogens is 1. The Bertz CT molecular complexity index is 600. The molecule has 0 aliphatic heterocycles. The van der Waals surface area contributed by atoms with Gasteiger partial charge in [0, 0.05) is 19.8 Å². The zero-order chi connectivity index (χ0) is 15.6. The zero-order valence-electron chi connectivity index (χ0n) is 12.8. The van der Waals surface area contributed by atoms with E-state index in [1.165, 1.54) is 17.0 Å². The molecule has 1 aromatic rings. The Labute approximate surface area is 132 Å². The number of hydrogen-bond donors (Lipinski definition) is 1. The van der Waals surface area contributed by atoms with Gasteiger partial charge in [0.15, 0.2) is 9.84 Å². The van der Waals surface area contributed by atoms with E-state index in [0.29, 0.717) is 13.1 Å². The molecule has 7 heteroatoms. The first-order valence-electron chi connectivity index (χ1n) is 6.33. The van der Waals surface area contributed by atoms with Gasteiger partial charge in [-0.1, -0.05) is 26.0 Å². The summed E-state index contributed by atoms with van der Waals surface area (Å²) < 4.78 is 23.5. The van der Waals surface area contributed by atoms with Crippen LogP contribution in [-0.4, -0.2) is 45.6 Å². The fraction of sp³-hybridized carbons (Fsp3) is 0.500. The van der Waals surface area contributed by atoms with Crippen LogP contribution in [-0.2, 0) is 9.84 Å². The van der Waals surface area contributed by atoms with Crippen LogP contribution in [0.4, 0.5) is 0 Å². The topological polar surface area (TPSA) is 80.5 Å². The Balaban J connectivity index is 0.00000400. The highest BCUT2D eigenvalue weighted by molar-refractivity contribution is 7.90. The summed E-state index contributed by atoms with van der Waals surface area (Å²) in [5.74, 6) is -0.312. The predicted octanol–water partition coefficient (Wildman–Crippen LogP) is 1.57. The van der Waals surface area contributed by atoms with Gasteiger partial charge in [-0.05, 0) is 24.1 Å². The minimum absolute atomic E-state index is 0. The average Bonchev–Trinajstić information content (AvgIpc) is 2.36. The van der Waals surface area contributed by atoms with E-state index in [2.05, 4.69) is 0 Å². The molecule has 21 heavy (non-hydrogen) atoms. The predicted molar refractivity (Wildman–Crippen MR) is 86.6 cm³/mol. The highest BCUT2D eigenvalue weighted by Gasteiger charge is 2.25. The van der Waals surface area contributed by atoms with Crippen LogP contribution in [0, 0.1) is 5.41 Å². The Morgan fingerprint density at radius 3 is 2.29 bits per heavy atom. The largest absolute Gasteiger partial charge is 0.341 e. The maximum atomic E-state index is 12.4. The van der Waals surface area contributed by atoms with Gasteiger partial charge in [-0.3, -0.25) is 4.79 Å². The van der Waals surface area contributed by atoms with Crippen molar-refractivity contribution in [3.05, 3.63) is 29.8 Å². The lowest BCUT2D eigenvalue weighted by molar-refractivity contribution is 0.0737. The van der Waals surface area contributed by atoms with Crippen molar-refractivity contribution in [3.63, 3.8) is 0 Å². The van der Waals surface area contributed by atoms with Gasteiger partial charge in [0.1, 0.15) is 0 Å². The molecule has 0 saturated carbocycles. The van der Waals surface area contributed by atoms with E-state index < -0.39 is 9.84 Å². The van der Waals surface area contributed by atoms with Crippen molar-refractivity contribution in [1.82, 2.24) is 4.90 Å². The molecule has 0 heterocycles. The first kappa shape index (κ1) is 19.9. The highest BCUT2D eigenvalue weighted by Crippen LogP contribution is 2.20. The van der Waals surface area contributed by atoms with E-state index in [-0.39, 0.29) is 34.2 Å². The number of carbonyl (C=O) groups is 1. The molecular weight excluding hydrogens is 312 g/mol. The third kappa shape index (κ3) is 5.30. The van der Waals surface area contributed by atoms with Crippen molar-refractivity contribution in [2.75, 3.05) is 26.4 Å². The molecule has 0 atom stereocenters. The fourth-order valence-electron chi connectivity index (χ4n) is 1.95. The summed E-state index contributed by atoms with van der Waals surface area (Å²) in [6.45, 7) is 4.82. The van der Waals surface area contributed by atoms with Gasteiger partial charge in [0.05, 0.1) is 10.5 Å². The normalized spacial score (nSPS) is 11.7. The van der Waals surface area contributed by atoms with Crippen molar-refractivity contribution in [3.8, 4) is 0 Å². The SMILES string of the molecule is CN(CC(C)(C)CN)C(=O)c1ccccc1S(C)(=O)=O.Cl. The maximum Gasteiger partial charge on any atom is 0.254 e. The van der Waals surface area contributed by atoms with E-state index in [0.717, 1.165) is 6.26 Å². The molecule has 0 fully saturated rings. The Morgan fingerprint density at radius 2 is 1.81 bits per heavy atom. The Kier molecular flexibility index (Phi) is 6.86. The van der Waals surface area contributed by atoms with E-state index in [9.17, 15) is 13.2 Å². The number of rotatable bonds is 5. The van der Waals surface area contributed by atoms with E-state index in [4.69, 9.17) is 5.73 Å². The molecule has 120 valence electrons. The summed E-state index contributed by atoms with van der Waals surface area (Å²) in [5.41, 5.74) is 5.64. The minimum Gasteiger partial charge on any atom is -0.341 e. The average molecular weight is 335 g/mol. The van der Waals surface area contributed by atoms with Crippen molar-refractivity contribution in [2.24, 2.45) is 11.1 Å². The number of sulfone groups is 1. The van der Waals surface area contributed by atoms with E-state index in [1.807, 2.05) is 13.8 Å². The molecule has 0 unspecified atom stereocenters. The quantitative estimate of drug-likeness (QED) is 0.886. The number of hydrogen-bond acceptors (Lipinski definition) is 4. The van der Waals surface area contributed by atoms with Crippen molar-refractivity contribution < 1.29 is 13.2 Å². The fourth-order valence-corrected chi connectivity index (χ4v) is 2.83. The first-order chi connectivity index (χ1) is 9.08. The zero-order valence-corrected chi connectivity index (χ0v) is 14.4. The molecule has 0 radical (unpaired) electrons. The molecule has 0 saturated heterocycles. The smallest absolute Gasteiger partial charge is 0.254 e. The van der Waals surface area contributed by atoms with Crippen molar-refractivity contribution >= 4 is 28.2 Å². The molecule has 0 aliphatic rings. The molecule has 0 bridgehead atoms. The number of benzene rings is 1. The van der Waals surface area contributed by atoms with Gasteiger partial charge in [-0.2, -0.15) is 0 Å². The van der Waals surface area contributed by atoms with E-state index in [1.54, 1.807) is 19.2 Å². The lowest BCUT2D eigenvalue weighted by Crippen LogP contribution is -2.40. The summed E-state index contributed by atoms with van der Waals surface area (Å²) in [5, 5.41) is 0. The van der Waals surface area contributed by atoms with Gasteiger partial charge in [-0.25, -0.2) is 8.42 Å². The Morgan fingerprint density at radius 1 is 1.29 bits per heavy atom. The minimum atomic E-state index is -3.43. The van der Waals surface area contributed by atoms with Crippen LogP contribution < -0.4 is 5.73 Å². The van der Waals surface area contributed by atoms with Gasteiger partial charge in [0.25, 0.3) is 5.91 Å². The number of carbonyl (C=O) groups excluding carboxylic acids is 1. The van der Waals surface area contributed by atoms with Crippen LogP contribution >= 0.6 is 12.4 Å². The lowest BCUT2D eigenvalue weighted by Gasteiger charge is -2.29. The first-order valence-corrected chi connectivity index (χ1v) is 8.22. The standard InChI is InChI=1S/C14H22N2O3S.ClH/c1-14(2,9-15)10-16(3)13(17)11-7-5-6-8-12(11)20(4,18)19;/h5-8H,9-10,15H2,1-4H3;1H. The molecule has 0 spiro atoms. The molecule has 0 aliphatic carbocycles. The van der Waals surface area contributed by atoms with Gasteiger partial charge < -0.3 is 10.6 Å². The van der Waals surface area contributed by atoms with Crippen LogP contribution in [0.1, 0.15) is 24.2 Å². The van der Waals surface area contributed by atoms with Crippen molar-refractivity contribution in [2.45, 2.75) is 18.7 Å². The maximum absolute atomic E-state index is 12.4. The third-order valence-electron chi connectivity index (χ3n) is 3.08. The van der Waals surface area contributed by atoms with Crippen molar-refractivity contribution in [1.29, 1.82) is 0 Å². The summed E-state index contributed by atoms with van der Waals surface area (Å²) in [7, 11) is -1.78. The van der Waals surface area contributed by atoms with Gasteiger partial charge in [0.2, 0.25) is 0 Å². The van der Waals surface area contributed by atoms with Crippen LogP contribution in [0.25, 0.3) is 0 Å². The second-order valence-corrected chi connectivity index (χ2v) is 7.78. The molecule has 2 N–H and O–H groups in total. The molecule has 1 amide bonds. The summed E-state index contributed by atoms with van der Waals surface area (Å²) in [6.07, 6.45) is 1.10. The molecule has 5 nitrogen and oxygen atoms in total. The molecule has 0 aromatic heterocycles. The van der Waals surface area contributed by atoms with Gasteiger partial charge >= 0.3 is 0 Å². The summed E-state index contributed by atoms with van der Waals surface area (Å²) in [4.78, 5) is 14.0. The Hall–Kier alpha value is -1.11. The second-order valence-electron chi connectivity index (χ2n) is 5.80. The van der Waals surface area contributed by atoms with Crippen LogP contribution in [0.2, 0.25) is 0 Å². The lowest BCUT2D eigenvalue weighted by atomic mass is 9.93. The third-order valence-corrected chi connectivity index (χ3v) is 4.24. The van der Waals surface area contributed by atoms with Crippen LogP contribution in [0.3, 0.4) is 0 Å². The van der Waals surface area contributed by atoms with Gasteiger partial charge in [-0.15, -0.1) is 12.4 Å². The summed E-state index contributed by atoms with van der Waals surface area (Å²) >= 11 is 0. The van der Waals surface area contributed by atoms with Crippen LogP contribution in [0.5, 0.6) is 0 Å². The number of nitrogens with two attached hydrogens (primary N) is 1. The molecule has 1 rings (SSSR count). The second kappa shape index (κ2) is 7.24. The van der Waals surface area contributed by atoms with E-state index >= 15 is 0 Å².